The molecule has 0 radical (unpaired) electrons. The van der Waals surface area contributed by atoms with Gasteiger partial charge in [0.15, 0.2) is 0 Å². The second-order valence-corrected chi connectivity index (χ2v) is 6.87. The van der Waals surface area contributed by atoms with Gasteiger partial charge in [-0.05, 0) is 44.0 Å². The van der Waals surface area contributed by atoms with Gasteiger partial charge in [0, 0.05) is 32.7 Å². The van der Waals surface area contributed by atoms with E-state index in [4.69, 9.17) is 23.2 Å². The van der Waals surface area contributed by atoms with Gasteiger partial charge in [-0.1, -0.05) is 29.3 Å². The van der Waals surface area contributed by atoms with Crippen LogP contribution in [-0.2, 0) is 0 Å². The fourth-order valence-corrected chi connectivity index (χ4v) is 4.01. The lowest BCUT2D eigenvalue weighted by Gasteiger charge is -2.38. The number of hydrogen-bond donors (Lipinski definition) is 1. The van der Waals surface area contributed by atoms with Crippen molar-refractivity contribution in [3.8, 4) is 0 Å². The van der Waals surface area contributed by atoms with Gasteiger partial charge in [0.1, 0.15) is 0 Å². The zero-order chi connectivity index (χ0) is 14.7. The Kier molecular flexibility index (Phi) is 7.10. The van der Waals surface area contributed by atoms with Crippen molar-refractivity contribution in [3.05, 3.63) is 28.2 Å². The van der Waals surface area contributed by atoms with Crippen molar-refractivity contribution in [3.63, 3.8) is 0 Å². The molecule has 0 atom stereocenters. The Bertz CT molecular complexity index is 449. The van der Waals surface area contributed by atoms with Crippen LogP contribution in [0.3, 0.4) is 0 Å². The maximum absolute atomic E-state index is 6.31. The Morgan fingerprint density at radius 1 is 1.00 bits per heavy atom. The predicted octanol–water partition coefficient (Wildman–Crippen LogP) is 3.54. The Labute approximate surface area is 149 Å². The number of rotatable bonds is 3. The Hall–Kier alpha value is -0.190. The third-order valence-corrected chi connectivity index (χ3v) is 5.21. The highest BCUT2D eigenvalue weighted by molar-refractivity contribution is 6.39. The zero-order valence-electron chi connectivity index (χ0n) is 12.7. The number of benzene rings is 1. The highest BCUT2D eigenvalue weighted by Crippen LogP contribution is 2.34. The number of piperidine rings is 1. The average molecular weight is 365 g/mol. The van der Waals surface area contributed by atoms with E-state index in [1.54, 1.807) is 0 Å². The van der Waals surface area contributed by atoms with Crippen LogP contribution in [-0.4, -0.2) is 50.7 Å². The molecule has 2 aliphatic heterocycles. The fourth-order valence-electron chi connectivity index (χ4n) is 3.37. The molecule has 3 rings (SSSR count). The molecule has 1 aromatic carbocycles. The van der Waals surface area contributed by atoms with Crippen LogP contribution in [0.1, 0.15) is 12.8 Å². The number of nitrogens with one attached hydrogen (secondary N) is 1. The summed E-state index contributed by atoms with van der Waals surface area (Å²) in [5, 5.41) is 4.95. The summed E-state index contributed by atoms with van der Waals surface area (Å²) in [6.45, 7) is 7.82. The SMILES string of the molecule is Cl.Clc1cccc(Cl)c1N1CCN(CC2CCNCC2)CC1. The van der Waals surface area contributed by atoms with Gasteiger partial charge in [0.25, 0.3) is 0 Å². The van der Waals surface area contributed by atoms with Crippen molar-refractivity contribution < 1.29 is 0 Å². The summed E-state index contributed by atoms with van der Waals surface area (Å²) in [5.74, 6) is 0.863. The molecule has 6 heteroatoms. The molecule has 1 N–H and O–H groups in total. The molecule has 0 saturated carbocycles. The number of halogens is 3. The second kappa shape index (κ2) is 8.60. The molecule has 1 aromatic rings. The van der Waals surface area contributed by atoms with Gasteiger partial charge in [-0.3, -0.25) is 4.90 Å². The van der Waals surface area contributed by atoms with Crippen molar-refractivity contribution in [2.75, 3.05) is 50.7 Å². The molecule has 0 unspecified atom stereocenters. The number of para-hydroxylation sites is 1. The van der Waals surface area contributed by atoms with E-state index < -0.39 is 0 Å². The first kappa shape index (κ1) is 18.2. The van der Waals surface area contributed by atoms with Crippen LogP contribution < -0.4 is 10.2 Å². The van der Waals surface area contributed by atoms with E-state index in [1.165, 1.54) is 32.5 Å². The number of piperazine rings is 1. The second-order valence-electron chi connectivity index (χ2n) is 6.05. The predicted molar refractivity (Wildman–Crippen MR) is 98.0 cm³/mol. The molecule has 2 heterocycles. The maximum atomic E-state index is 6.31. The van der Waals surface area contributed by atoms with Crippen molar-refractivity contribution in [2.24, 2.45) is 5.92 Å². The standard InChI is InChI=1S/C16H23Cl2N3.ClH/c17-14-2-1-3-15(18)16(14)21-10-8-20(9-11-21)12-13-4-6-19-7-5-13;/h1-3,13,19H,4-12H2;1H. The monoisotopic (exact) mass is 363 g/mol. The minimum Gasteiger partial charge on any atom is -0.367 e. The van der Waals surface area contributed by atoms with Gasteiger partial charge in [0.2, 0.25) is 0 Å². The first-order valence-corrected chi connectivity index (χ1v) is 8.61. The molecule has 0 bridgehead atoms. The van der Waals surface area contributed by atoms with Crippen LogP contribution in [0, 0.1) is 5.92 Å². The summed E-state index contributed by atoms with van der Waals surface area (Å²) < 4.78 is 0. The molecule has 0 aromatic heterocycles. The van der Waals surface area contributed by atoms with Crippen molar-refractivity contribution in [1.82, 2.24) is 10.2 Å². The van der Waals surface area contributed by atoms with Gasteiger partial charge >= 0.3 is 0 Å². The molecular weight excluding hydrogens is 341 g/mol. The molecule has 22 heavy (non-hydrogen) atoms. The lowest BCUT2D eigenvalue weighted by Crippen LogP contribution is -2.48. The summed E-state index contributed by atoms with van der Waals surface area (Å²) >= 11 is 12.6. The summed E-state index contributed by atoms with van der Waals surface area (Å²) in [5.41, 5.74) is 1.00. The number of hydrogen-bond acceptors (Lipinski definition) is 3. The van der Waals surface area contributed by atoms with Gasteiger partial charge in [-0.15, -0.1) is 12.4 Å². The third-order valence-electron chi connectivity index (χ3n) is 4.60. The molecule has 0 amide bonds. The Morgan fingerprint density at radius 2 is 1.59 bits per heavy atom. The number of nitrogens with zero attached hydrogens (tertiary/aromatic N) is 2. The quantitative estimate of drug-likeness (QED) is 0.885. The largest absolute Gasteiger partial charge is 0.367 e. The summed E-state index contributed by atoms with van der Waals surface area (Å²) in [6.07, 6.45) is 2.63. The average Bonchev–Trinajstić information content (AvgIpc) is 2.50. The van der Waals surface area contributed by atoms with E-state index in [-0.39, 0.29) is 12.4 Å². The lowest BCUT2D eigenvalue weighted by molar-refractivity contribution is 0.196. The van der Waals surface area contributed by atoms with E-state index in [0.717, 1.165) is 47.8 Å². The van der Waals surface area contributed by atoms with E-state index in [1.807, 2.05) is 18.2 Å². The fraction of sp³-hybridized carbons (Fsp3) is 0.625. The van der Waals surface area contributed by atoms with E-state index >= 15 is 0 Å². The lowest BCUT2D eigenvalue weighted by atomic mass is 9.97. The van der Waals surface area contributed by atoms with Crippen LogP contribution in [0.4, 0.5) is 5.69 Å². The van der Waals surface area contributed by atoms with E-state index in [9.17, 15) is 0 Å². The first-order valence-electron chi connectivity index (χ1n) is 7.86. The van der Waals surface area contributed by atoms with Crippen LogP contribution in [0.5, 0.6) is 0 Å². The van der Waals surface area contributed by atoms with E-state index in [0.29, 0.717) is 0 Å². The van der Waals surface area contributed by atoms with Crippen molar-refractivity contribution in [2.45, 2.75) is 12.8 Å². The van der Waals surface area contributed by atoms with Crippen molar-refractivity contribution in [1.29, 1.82) is 0 Å². The van der Waals surface area contributed by atoms with Crippen LogP contribution in [0.15, 0.2) is 18.2 Å². The third kappa shape index (κ3) is 4.42. The van der Waals surface area contributed by atoms with Crippen LogP contribution in [0.2, 0.25) is 10.0 Å². The summed E-state index contributed by atoms with van der Waals surface area (Å²) in [4.78, 5) is 4.92. The van der Waals surface area contributed by atoms with Gasteiger partial charge < -0.3 is 10.2 Å². The highest BCUT2D eigenvalue weighted by atomic mass is 35.5. The van der Waals surface area contributed by atoms with Crippen LogP contribution in [0.25, 0.3) is 0 Å². The maximum Gasteiger partial charge on any atom is 0.0745 e. The molecule has 2 aliphatic rings. The summed E-state index contributed by atoms with van der Waals surface area (Å²) in [6, 6.07) is 5.75. The van der Waals surface area contributed by atoms with Gasteiger partial charge in [-0.2, -0.15) is 0 Å². The summed E-state index contributed by atoms with van der Waals surface area (Å²) in [7, 11) is 0. The molecular formula is C16H24Cl3N3. The van der Waals surface area contributed by atoms with Crippen molar-refractivity contribution >= 4 is 41.3 Å². The topological polar surface area (TPSA) is 18.5 Å². The molecule has 124 valence electrons. The Balaban J connectivity index is 0.00000176. The molecule has 2 fully saturated rings. The normalized spacial score (nSPS) is 20.7. The van der Waals surface area contributed by atoms with E-state index in [2.05, 4.69) is 15.1 Å². The molecule has 3 nitrogen and oxygen atoms in total. The van der Waals surface area contributed by atoms with Gasteiger partial charge in [-0.25, -0.2) is 0 Å². The minimum absolute atomic E-state index is 0. The highest BCUT2D eigenvalue weighted by Gasteiger charge is 2.23. The molecule has 2 saturated heterocycles. The zero-order valence-corrected chi connectivity index (χ0v) is 15.1. The smallest absolute Gasteiger partial charge is 0.0745 e. The van der Waals surface area contributed by atoms with Gasteiger partial charge in [0.05, 0.1) is 15.7 Å². The Morgan fingerprint density at radius 3 is 2.18 bits per heavy atom. The first-order chi connectivity index (χ1) is 10.2. The number of anilines is 1. The molecule has 0 aliphatic carbocycles. The minimum atomic E-state index is 0. The van der Waals surface area contributed by atoms with Crippen LogP contribution >= 0.6 is 35.6 Å². The molecule has 0 spiro atoms.